The first-order chi connectivity index (χ1) is 15.5. The number of carbonyl (C=O) groups is 2. The average molecular weight is 472 g/mol. The van der Waals surface area contributed by atoms with E-state index in [9.17, 15) is 18.0 Å². The van der Waals surface area contributed by atoms with Crippen LogP contribution < -0.4 is 10.0 Å². The van der Waals surface area contributed by atoms with Gasteiger partial charge in [0.2, 0.25) is 5.95 Å². The minimum Gasteiger partial charge on any atom is -0.461 e. The maximum atomic E-state index is 12.9. The largest absolute Gasteiger partial charge is 0.461 e. The Bertz CT molecular complexity index is 1310. The number of amides is 1. The molecular weight excluding hydrogens is 446 g/mol. The van der Waals surface area contributed by atoms with Crippen molar-refractivity contribution in [1.82, 2.24) is 14.5 Å². The third-order valence-electron chi connectivity index (χ3n) is 5.07. The lowest BCUT2D eigenvalue weighted by Gasteiger charge is -2.09. The van der Waals surface area contributed by atoms with E-state index in [0.29, 0.717) is 33.9 Å². The van der Waals surface area contributed by atoms with Gasteiger partial charge >= 0.3 is 5.97 Å². The first-order valence-corrected chi connectivity index (χ1v) is 11.6. The van der Waals surface area contributed by atoms with E-state index in [4.69, 9.17) is 4.74 Å². The fourth-order valence-corrected chi connectivity index (χ4v) is 4.34. The van der Waals surface area contributed by atoms with Crippen molar-refractivity contribution in [1.29, 1.82) is 0 Å². The molecule has 1 amide bonds. The summed E-state index contributed by atoms with van der Waals surface area (Å²) >= 11 is 0. The molecule has 174 valence electrons. The second-order valence-electron chi connectivity index (χ2n) is 7.32. The van der Waals surface area contributed by atoms with Crippen molar-refractivity contribution in [3.63, 3.8) is 0 Å². The second-order valence-corrected chi connectivity index (χ2v) is 9.00. The molecule has 0 atom stereocenters. The molecule has 3 rings (SSSR count). The minimum absolute atomic E-state index is 0.0118. The lowest BCUT2D eigenvalue weighted by Crippen LogP contribution is -2.16. The normalized spacial score (nSPS) is 11.2. The summed E-state index contributed by atoms with van der Waals surface area (Å²) in [5.74, 6) is -0.947. The zero-order valence-corrected chi connectivity index (χ0v) is 19.8. The van der Waals surface area contributed by atoms with E-state index < -0.39 is 21.9 Å². The van der Waals surface area contributed by atoms with Gasteiger partial charge in [0.1, 0.15) is 5.69 Å². The van der Waals surface area contributed by atoms with Crippen LogP contribution in [0.1, 0.15) is 44.7 Å². The third kappa shape index (κ3) is 5.03. The van der Waals surface area contributed by atoms with Gasteiger partial charge in [0, 0.05) is 30.3 Å². The van der Waals surface area contributed by atoms with E-state index in [0.717, 1.165) is 0 Å². The molecule has 0 aliphatic carbocycles. The van der Waals surface area contributed by atoms with Gasteiger partial charge in [-0.25, -0.2) is 27.9 Å². The average Bonchev–Trinajstić information content (AvgIpc) is 2.96. The predicted molar refractivity (Wildman–Crippen MR) is 123 cm³/mol. The summed E-state index contributed by atoms with van der Waals surface area (Å²) in [6, 6.07) is 7.33. The third-order valence-corrected chi connectivity index (χ3v) is 6.41. The molecule has 2 aromatic heterocycles. The van der Waals surface area contributed by atoms with Crippen molar-refractivity contribution in [2.75, 3.05) is 16.6 Å². The monoisotopic (exact) mass is 471 g/mol. The molecule has 0 saturated carbocycles. The Labute approximate surface area is 192 Å². The molecule has 0 bridgehead atoms. The van der Waals surface area contributed by atoms with Crippen LogP contribution >= 0.6 is 0 Å². The molecule has 2 N–H and O–H groups in total. The van der Waals surface area contributed by atoms with Crippen LogP contribution in [0.5, 0.6) is 0 Å². The number of hydrogen-bond acceptors (Lipinski definition) is 7. The van der Waals surface area contributed by atoms with Crippen molar-refractivity contribution in [2.45, 2.75) is 32.6 Å². The summed E-state index contributed by atoms with van der Waals surface area (Å²) in [4.78, 5) is 33.1. The van der Waals surface area contributed by atoms with Gasteiger partial charge in [-0.05, 0) is 63.6 Å². The van der Waals surface area contributed by atoms with Crippen LogP contribution in [0, 0.1) is 20.8 Å². The molecule has 33 heavy (non-hydrogen) atoms. The van der Waals surface area contributed by atoms with Gasteiger partial charge in [-0.15, -0.1) is 0 Å². The molecule has 1 aromatic carbocycles. The Morgan fingerprint density at radius 2 is 1.76 bits per heavy atom. The first-order valence-electron chi connectivity index (χ1n) is 10.1. The fraction of sp³-hybridized carbons (Fsp3) is 0.273. The van der Waals surface area contributed by atoms with Crippen LogP contribution in [0.2, 0.25) is 0 Å². The fourth-order valence-electron chi connectivity index (χ4n) is 3.39. The molecule has 0 saturated heterocycles. The lowest BCUT2D eigenvalue weighted by molar-refractivity contribution is 0.0514. The summed E-state index contributed by atoms with van der Waals surface area (Å²) in [6.45, 7) is 7.08. The zero-order chi connectivity index (χ0) is 24.3. The van der Waals surface area contributed by atoms with Crippen LogP contribution in [0.4, 0.5) is 11.6 Å². The Kier molecular flexibility index (Phi) is 6.82. The molecule has 0 radical (unpaired) electrons. The Balaban J connectivity index is 1.80. The Hall–Kier alpha value is -3.73. The van der Waals surface area contributed by atoms with Crippen molar-refractivity contribution in [2.24, 2.45) is 7.05 Å². The van der Waals surface area contributed by atoms with E-state index in [2.05, 4.69) is 20.0 Å². The van der Waals surface area contributed by atoms with Gasteiger partial charge in [-0.2, -0.15) is 0 Å². The highest BCUT2D eigenvalue weighted by atomic mass is 32.2. The standard InChI is InChI=1S/C22H25N5O5S/c1-6-32-21(29)19-14(3)18(15(4)27(19)5)20(28)25-16-7-9-17(10-8-16)33(30,31)26-22-23-12-11-13(2)24-22/h7-12H,6H2,1-5H3,(H,25,28)(H,23,24,26). The summed E-state index contributed by atoms with van der Waals surface area (Å²) < 4.78 is 34.2. The highest BCUT2D eigenvalue weighted by molar-refractivity contribution is 7.92. The molecule has 0 spiro atoms. The minimum atomic E-state index is -3.90. The van der Waals surface area contributed by atoms with Crippen LogP contribution in [-0.4, -0.2) is 41.4 Å². The SMILES string of the molecule is CCOC(=O)c1c(C)c(C(=O)Nc2ccc(S(=O)(=O)Nc3nccc(C)n3)cc2)c(C)n1C. The molecule has 0 aliphatic rings. The van der Waals surface area contributed by atoms with Crippen molar-refractivity contribution in [3.05, 3.63) is 64.7 Å². The highest BCUT2D eigenvalue weighted by Gasteiger charge is 2.26. The summed E-state index contributed by atoms with van der Waals surface area (Å²) in [6.07, 6.45) is 1.46. The van der Waals surface area contributed by atoms with Crippen LogP contribution in [0.15, 0.2) is 41.4 Å². The lowest BCUT2D eigenvalue weighted by atomic mass is 10.1. The number of aromatic nitrogens is 3. The maximum absolute atomic E-state index is 12.9. The van der Waals surface area contributed by atoms with Crippen LogP contribution in [0.25, 0.3) is 0 Å². The Morgan fingerprint density at radius 1 is 1.09 bits per heavy atom. The Morgan fingerprint density at radius 3 is 2.36 bits per heavy atom. The number of esters is 1. The first kappa shape index (κ1) is 23.9. The molecule has 0 aliphatic heterocycles. The van der Waals surface area contributed by atoms with Gasteiger partial charge < -0.3 is 14.6 Å². The molecule has 2 heterocycles. The molecule has 10 nitrogen and oxygen atoms in total. The number of hydrogen-bond donors (Lipinski definition) is 2. The number of rotatable bonds is 7. The molecular formula is C22H25N5O5S. The number of aryl methyl sites for hydroxylation is 1. The molecule has 0 fully saturated rings. The van der Waals surface area contributed by atoms with E-state index in [1.807, 2.05) is 0 Å². The van der Waals surface area contributed by atoms with Crippen LogP contribution in [0.3, 0.4) is 0 Å². The number of anilines is 2. The van der Waals surface area contributed by atoms with Crippen molar-refractivity contribution >= 4 is 33.5 Å². The van der Waals surface area contributed by atoms with Gasteiger partial charge in [-0.3, -0.25) is 4.79 Å². The highest BCUT2D eigenvalue weighted by Crippen LogP contribution is 2.24. The van der Waals surface area contributed by atoms with Gasteiger partial charge in [0.25, 0.3) is 15.9 Å². The number of carbonyl (C=O) groups excluding carboxylic acids is 2. The topological polar surface area (TPSA) is 132 Å². The van der Waals surface area contributed by atoms with Gasteiger partial charge in [0.15, 0.2) is 0 Å². The summed E-state index contributed by atoms with van der Waals surface area (Å²) in [7, 11) is -2.21. The number of ether oxygens (including phenoxy) is 1. The quantitative estimate of drug-likeness (QED) is 0.506. The smallest absolute Gasteiger partial charge is 0.355 e. The molecule has 0 unspecified atom stereocenters. The van der Waals surface area contributed by atoms with E-state index in [1.54, 1.807) is 45.4 Å². The van der Waals surface area contributed by atoms with E-state index >= 15 is 0 Å². The van der Waals surface area contributed by atoms with E-state index in [1.165, 1.54) is 30.5 Å². The second kappa shape index (κ2) is 9.41. The van der Waals surface area contributed by atoms with Crippen LogP contribution in [-0.2, 0) is 21.8 Å². The summed E-state index contributed by atoms with van der Waals surface area (Å²) in [5, 5.41) is 2.74. The van der Waals surface area contributed by atoms with Gasteiger partial charge in [0.05, 0.1) is 17.1 Å². The number of benzene rings is 1. The van der Waals surface area contributed by atoms with Gasteiger partial charge in [-0.1, -0.05) is 0 Å². The molecule has 3 aromatic rings. The zero-order valence-electron chi connectivity index (χ0n) is 19.0. The van der Waals surface area contributed by atoms with E-state index in [-0.39, 0.29) is 17.5 Å². The number of nitrogens with one attached hydrogen (secondary N) is 2. The predicted octanol–water partition coefficient (Wildman–Crippen LogP) is 2.97. The maximum Gasteiger partial charge on any atom is 0.355 e. The van der Waals surface area contributed by atoms with Crippen molar-refractivity contribution < 1.29 is 22.7 Å². The molecule has 11 heteroatoms. The number of sulfonamides is 1. The number of nitrogens with zero attached hydrogens (tertiary/aromatic N) is 3. The summed E-state index contributed by atoms with van der Waals surface area (Å²) in [5.41, 5.74) is 2.80. The van der Waals surface area contributed by atoms with Crippen molar-refractivity contribution in [3.8, 4) is 0 Å².